The van der Waals surface area contributed by atoms with Crippen LogP contribution in [0, 0.1) is 5.92 Å². The number of benzene rings is 1. The first-order valence-corrected chi connectivity index (χ1v) is 11.2. The standard InChI is InChI=1S/C18H24N2O2.2C2HF3O2/c1-2-13(1)10-19-7-5-16-15(19)6-8-20(16)11-14-3-4-17-18(9-14)22-12-21-17;2*3-2(4,5)1(6)7/h3-4,9,13,15-16H,1-2,5-8,10-12H2;2*(H,6,7)/t15-,16+;;/m0../s1. The summed E-state index contributed by atoms with van der Waals surface area (Å²) >= 11 is 0. The van der Waals surface area contributed by atoms with Gasteiger partial charge in [-0.25, -0.2) is 9.59 Å². The molecule has 3 heterocycles. The lowest BCUT2D eigenvalue weighted by atomic mass is 10.1. The van der Waals surface area contributed by atoms with Crippen LogP contribution in [-0.2, 0) is 16.1 Å². The summed E-state index contributed by atoms with van der Waals surface area (Å²) < 4.78 is 74.4. The molecule has 202 valence electrons. The summed E-state index contributed by atoms with van der Waals surface area (Å²) in [5, 5.41) is 14.2. The van der Waals surface area contributed by atoms with Crippen molar-refractivity contribution in [3.05, 3.63) is 23.8 Å². The molecule has 0 aromatic heterocycles. The maximum absolute atomic E-state index is 10.6. The lowest BCUT2D eigenvalue weighted by Gasteiger charge is -2.25. The van der Waals surface area contributed by atoms with Crippen LogP contribution in [0.1, 0.15) is 31.2 Å². The predicted molar refractivity (Wildman–Crippen MR) is 111 cm³/mol. The molecule has 8 nitrogen and oxygen atoms in total. The number of halogens is 6. The van der Waals surface area contributed by atoms with Crippen molar-refractivity contribution < 1.29 is 55.6 Å². The summed E-state index contributed by atoms with van der Waals surface area (Å²) in [7, 11) is 0. The molecule has 1 saturated carbocycles. The normalized spacial score (nSPS) is 23.3. The molecule has 5 rings (SSSR count). The molecule has 2 N–H and O–H groups in total. The van der Waals surface area contributed by atoms with Gasteiger partial charge in [-0.3, -0.25) is 9.80 Å². The number of alkyl halides is 6. The third-order valence-corrected chi connectivity index (χ3v) is 6.30. The third kappa shape index (κ3) is 7.63. The van der Waals surface area contributed by atoms with Crippen LogP contribution in [0.3, 0.4) is 0 Å². The van der Waals surface area contributed by atoms with Gasteiger partial charge >= 0.3 is 24.3 Å². The van der Waals surface area contributed by atoms with E-state index in [-0.39, 0.29) is 0 Å². The first kappa shape index (κ1) is 27.8. The molecule has 1 aromatic rings. The molecule has 0 bridgehead atoms. The molecule has 0 amide bonds. The molecule has 36 heavy (non-hydrogen) atoms. The van der Waals surface area contributed by atoms with E-state index in [1.807, 2.05) is 0 Å². The molecule has 1 aromatic carbocycles. The van der Waals surface area contributed by atoms with Crippen molar-refractivity contribution >= 4 is 11.9 Å². The van der Waals surface area contributed by atoms with E-state index < -0.39 is 24.3 Å². The number of hydrogen-bond acceptors (Lipinski definition) is 6. The summed E-state index contributed by atoms with van der Waals surface area (Å²) in [6.07, 6.45) is -4.53. The van der Waals surface area contributed by atoms with Crippen molar-refractivity contribution in [1.29, 1.82) is 0 Å². The van der Waals surface area contributed by atoms with Crippen molar-refractivity contribution in [2.45, 2.75) is 56.7 Å². The Kier molecular flexibility index (Phi) is 8.59. The molecule has 2 saturated heterocycles. The Morgan fingerprint density at radius 2 is 1.33 bits per heavy atom. The number of fused-ring (bicyclic) bond motifs is 2. The van der Waals surface area contributed by atoms with Gasteiger partial charge in [-0.1, -0.05) is 6.07 Å². The number of carbonyl (C=O) groups is 2. The quantitative estimate of drug-likeness (QED) is 0.571. The zero-order valence-corrected chi connectivity index (χ0v) is 19.0. The van der Waals surface area contributed by atoms with E-state index in [0.717, 1.165) is 36.0 Å². The molecule has 4 aliphatic rings. The fourth-order valence-electron chi connectivity index (χ4n) is 4.49. The highest BCUT2D eigenvalue weighted by Crippen LogP contribution is 2.38. The van der Waals surface area contributed by atoms with Crippen LogP contribution in [0.4, 0.5) is 26.3 Å². The van der Waals surface area contributed by atoms with Crippen molar-refractivity contribution in [2.75, 3.05) is 26.4 Å². The summed E-state index contributed by atoms with van der Waals surface area (Å²) in [4.78, 5) is 23.3. The Bertz CT molecular complexity index is 913. The SMILES string of the molecule is O=C(O)C(F)(F)F.O=C(O)C(F)(F)F.c1cc2c(cc1CN1CC[C@H]3[C@H]1CCN3CC1CC1)OCO2. The minimum absolute atomic E-state index is 0.364. The summed E-state index contributed by atoms with van der Waals surface area (Å²) in [5.41, 5.74) is 1.35. The van der Waals surface area contributed by atoms with E-state index >= 15 is 0 Å². The van der Waals surface area contributed by atoms with E-state index in [1.54, 1.807) is 0 Å². The Morgan fingerprint density at radius 3 is 1.86 bits per heavy atom. The average Bonchev–Trinajstić information content (AvgIpc) is 3.15. The van der Waals surface area contributed by atoms with Gasteiger partial charge in [0.1, 0.15) is 0 Å². The van der Waals surface area contributed by atoms with Crippen molar-refractivity contribution in [3.63, 3.8) is 0 Å². The summed E-state index contributed by atoms with van der Waals surface area (Å²) in [5.74, 6) is -2.70. The minimum Gasteiger partial charge on any atom is -0.475 e. The molecule has 3 fully saturated rings. The first-order valence-electron chi connectivity index (χ1n) is 11.2. The summed E-state index contributed by atoms with van der Waals surface area (Å²) in [6, 6.07) is 7.99. The Balaban J connectivity index is 0.000000216. The van der Waals surface area contributed by atoms with Gasteiger partial charge < -0.3 is 19.7 Å². The Hall–Kier alpha value is -2.74. The van der Waals surface area contributed by atoms with Gasteiger partial charge in [-0.05, 0) is 49.3 Å². The molecular weight excluding hydrogens is 502 g/mol. The molecule has 2 atom stereocenters. The van der Waals surface area contributed by atoms with Gasteiger partial charge in [0, 0.05) is 38.3 Å². The molecule has 0 radical (unpaired) electrons. The maximum atomic E-state index is 10.6. The molecule has 1 aliphatic carbocycles. The summed E-state index contributed by atoms with van der Waals surface area (Å²) in [6.45, 7) is 5.33. The smallest absolute Gasteiger partial charge is 0.475 e. The fraction of sp³-hybridized carbons (Fsp3) is 0.636. The Morgan fingerprint density at radius 1 is 0.833 bits per heavy atom. The van der Waals surface area contributed by atoms with E-state index in [1.165, 1.54) is 50.9 Å². The maximum Gasteiger partial charge on any atom is 0.490 e. The third-order valence-electron chi connectivity index (χ3n) is 6.30. The van der Waals surface area contributed by atoms with Crippen molar-refractivity contribution in [2.24, 2.45) is 5.92 Å². The van der Waals surface area contributed by atoms with Crippen molar-refractivity contribution in [3.8, 4) is 11.5 Å². The fourth-order valence-corrected chi connectivity index (χ4v) is 4.49. The van der Waals surface area contributed by atoms with E-state index in [9.17, 15) is 26.3 Å². The number of likely N-dealkylation sites (tertiary alicyclic amines) is 2. The number of nitrogens with zero attached hydrogens (tertiary/aromatic N) is 2. The molecule has 14 heteroatoms. The van der Waals surface area contributed by atoms with Gasteiger partial charge in [0.15, 0.2) is 11.5 Å². The lowest BCUT2D eigenvalue weighted by molar-refractivity contribution is -0.193. The average molecular weight is 528 g/mol. The highest BCUT2D eigenvalue weighted by Gasteiger charge is 2.43. The van der Waals surface area contributed by atoms with Crippen LogP contribution in [0.15, 0.2) is 18.2 Å². The molecule has 0 spiro atoms. The second-order valence-corrected chi connectivity index (χ2v) is 8.91. The van der Waals surface area contributed by atoms with Gasteiger partial charge in [-0.2, -0.15) is 26.3 Å². The van der Waals surface area contributed by atoms with Crippen molar-refractivity contribution in [1.82, 2.24) is 9.80 Å². The van der Waals surface area contributed by atoms with Crippen LogP contribution in [0.5, 0.6) is 11.5 Å². The largest absolute Gasteiger partial charge is 0.490 e. The molecular formula is C22H26F6N2O6. The van der Waals surface area contributed by atoms with Crippen LogP contribution >= 0.6 is 0 Å². The molecule has 3 aliphatic heterocycles. The topological polar surface area (TPSA) is 99.5 Å². The highest BCUT2D eigenvalue weighted by atomic mass is 19.4. The minimum atomic E-state index is -5.08. The first-order chi connectivity index (χ1) is 16.8. The van der Waals surface area contributed by atoms with E-state index in [2.05, 4.69) is 28.0 Å². The second kappa shape index (κ2) is 11.1. The van der Waals surface area contributed by atoms with Gasteiger partial charge in [-0.15, -0.1) is 0 Å². The predicted octanol–water partition coefficient (Wildman–Crippen LogP) is 3.74. The molecule has 0 unspecified atom stereocenters. The van der Waals surface area contributed by atoms with Gasteiger partial charge in [0.05, 0.1) is 0 Å². The van der Waals surface area contributed by atoms with Crippen LogP contribution in [0.25, 0.3) is 0 Å². The number of rotatable bonds is 4. The number of carboxylic acids is 2. The number of aliphatic carboxylic acids is 2. The second-order valence-electron chi connectivity index (χ2n) is 8.91. The number of hydrogen-bond donors (Lipinski definition) is 2. The van der Waals surface area contributed by atoms with E-state index in [0.29, 0.717) is 6.79 Å². The Labute approximate surface area is 202 Å². The van der Waals surface area contributed by atoms with Crippen LogP contribution in [0.2, 0.25) is 0 Å². The zero-order chi connectivity index (χ0) is 26.7. The highest BCUT2D eigenvalue weighted by molar-refractivity contribution is 5.73. The van der Waals surface area contributed by atoms with E-state index in [4.69, 9.17) is 29.3 Å². The number of carboxylic acid groups (broad SMARTS) is 2. The van der Waals surface area contributed by atoms with Crippen LogP contribution in [-0.4, -0.2) is 82.8 Å². The lowest BCUT2D eigenvalue weighted by Crippen LogP contribution is -2.37. The monoisotopic (exact) mass is 528 g/mol. The van der Waals surface area contributed by atoms with Crippen LogP contribution < -0.4 is 9.47 Å². The number of ether oxygens (including phenoxy) is 2. The zero-order valence-electron chi connectivity index (χ0n) is 19.0. The van der Waals surface area contributed by atoms with Gasteiger partial charge in [0.25, 0.3) is 0 Å². The van der Waals surface area contributed by atoms with Gasteiger partial charge in [0.2, 0.25) is 6.79 Å².